The van der Waals surface area contributed by atoms with Crippen LogP contribution in [0.2, 0.25) is 0 Å². The molecule has 88 valence electrons. The van der Waals surface area contributed by atoms with Crippen LogP contribution in [-0.4, -0.2) is 24.0 Å². The first kappa shape index (κ1) is 11.7. The van der Waals surface area contributed by atoms with E-state index in [1.165, 1.54) is 37.9 Å². The molecule has 0 bridgehead atoms. The number of nitrogens with zero attached hydrogens (tertiary/aromatic N) is 1. The third kappa shape index (κ3) is 3.08. The fourth-order valence-corrected chi connectivity index (χ4v) is 2.83. The van der Waals surface area contributed by atoms with Crippen LogP contribution in [0, 0.1) is 5.92 Å². The maximum atomic E-state index is 2.65. The van der Waals surface area contributed by atoms with Gasteiger partial charge in [0.25, 0.3) is 0 Å². The molecule has 0 amide bonds. The van der Waals surface area contributed by atoms with Crippen LogP contribution in [0.15, 0.2) is 30.3 Å². The van der Waals surface area contributed by atoms with Crippen molar-refractivity contribution >= 4 is 0 Å². The fraction of sp³-hybridized carbons (Fsp3) is 0.600. The lowest BCUT2D eigenvalue weighted by molar-refractivity contribution is 0.262. The van der Waals surface area contributed by atoms with E-state index < -0.39 is 0 Å². The van der Waals surface area contributed by atoms with Gasteiger partial charge >= 0.3 is 0 Å². The molecule has 1 aliphatic rings. The van der Waals surface area contributed by atoms with Crippen molar-refractivity contribution in [1.82, 2.24) is 4.90 Å². The predicted octanol–water partition coefficient (Wildman–Crippen LogP) is 3.35. The smallest absolute Gasteiger partial charge is 0.00700 e. The standard InChI is InChI=1S/C15H23N/c1-13-11-14(2)16(12-13)10-6-9-15-7-4-3-5-8-15/h3-5,7-8,13-14H,6,9-12H2,1-2H3. The van der Waals surface area contributed by atoms with Crippen LogP contribution in [0.25, 0.3) is 0 Å². The van der Waals surface area contributed by atoms with Crippen LogP contribution >= 0.6 is 0 Å². The Morgan fingerprint density at radius 2 is 1.94 bits per heavy atom. The second-order valence-corrected chi connectivity index (χ2v) is 5.27. The third-order valence-corrected chi connectivity index (χ3v) is 3.67. The van der Waals surface area contributed by atoms with Gasteiger partial charge in [0.1, 0.15) is 0 Å². The molecule has 0 aromatic heterocycles. The summed E-state index contributed by atoms with van der Waals surface area (Å²) in [5.74, 6) is 0.895. The van der Waals surface area contributed by atoms with Crippen LogP contribution in [0.4, 0.5) is 0 Å². The van der Waals surface area contributed by atoms with E-state index in [0.717, 1.165) is 12.0 Å². The molecule has 0 radical (unpaired) electrons. The van der Waals surface area contributed by atoms with E-state index in [9.17, 15) is 0 Å². The van der Waals surface area contributed by atoms with Crippen LogP contribution in [0.5, 0.6) is 0 Å². The van der Waals surface area contributed by atoms with Gasteiger partial charge in [-0.05, 0) is 44.2 Å². The highest BCUT2D eigenvalue weighted by molar-refractivity contribution is 5.14. The molecule has 2 atom stereocenters. The zero-order valence-corrected chi connectivity index (χ0v) is 10.5. The van der Waals surface area contributed by atoms with E-state index in [4.69, 9.17) is 0 Å². The van der Waals surface area contributed by atoms with Crippen molar-refractivity contribution in [2.45, 2.75) is 39.2 Å². The first-order valence-electron chi connectivity index (χ1n) is 6.53. The highest BCUT2D eigenvalue weighted by atomic mass is 15.2. The summed E-state index contributed by atoms with van der Waals surface area (Å²) in [6.45, 7) is 7.30. The van der Waals surface area contributed by atoms with Crippen LogP contribution in [0.1, 0.15) is 32.3 Å². The fourth-order valence-electron chi connectivity index (χ4n) is 2.83. The summed E-state index contributed by atoms with van der Waals surface area (Å²) in [6.07, 6.45) is 3.89. The number of hydrogen-bond donors (Lipinski definition) is 0. The van der Waals surface area contributed by atoms with Crippen molar-refractivity contribution in [3.63, 3.8) is 0 Å². The molecule has 1 aromatic rings. The van der Waals surface area contributed by atoms with Crippen molar-refractivity contribution in [3.05, 3.63) is 35.9 Å². The minimum atomic E-state index is 0.797. The molecule has 16 heavy (non-hydrogen) atoms. The zero-order valence-electron chi connectivity index (χ0n) is 10.5. The molecule has 0 saturated carbocycles. The summed E-state index contributed by atoms with van der Waals surface area (Å²) in [4.78, 5) is 2.65. The summed E-state index contributed by atoms with van der Waals surface area (Å²) in [6, 6.07) is 11.6. The molecule has 1 aliphatic heterocycles. The first-order chi connectivity index (χ1) is 7.75. The average molecular weight is 217 g/mol. The molecule has 1 heterocycles. The number of hydrogen-bond acceptors (Lipinski definition) is 1. The van der Waals surface area contributed by atoms with Crippen LogP contribution in [0.3, 0.4) is 0 Å². The molecule has 1 nitrogen and oxygen atoms in total. The van der Waals surface area contributed by atoms with Crippen LogP contribution < -0.4 is 0 Å². The average Bonchev–Trinajstić information content (AvgIpc) is 2.59. The molecule has 1 fully saturated rings. The Bertz CT molecular complexity index is 306. The van der Waals surface area contributed by atoms with E-state index in [-0.39, 0.29) is 0 Å². The third-order valence-electron chi connectivity index (χ3n) is 3.67. The molecule has 0 N–H and O–H groups in total. The Morgan fingerprint density at radius 1 is 1.19 bits per heavy atom. The Labute approximate surface area is 99.5 Å². The van der Waals surface area contributed by atoms with E-state index in [2.05, 4.69) is 49.1 Å². The number of aryl methyl sites for hydroxylation is 1. The second kappa shape index (κ2) is 5.49. The Kier molecular flexibility index (Phi) is 4.00. The molecule has 1 saturated heterocycles. The molecule has 2 unspecified atom stereocenters. The van der Waals surface area contributed by atoms with E-state index in [1.54, 1.807) is 0 Å². The molecule has 0 spiro atoms. The van der Waals surface area contributed by atoms with Gasteiger partial charge < -0.3 is 4.90 Å². The summed E-state index contributed by atoms with van der Waals surface area (Å²) < 4.78 is 0. The van der Waals surface area contributed by atoms with Crippen molar-refractivity contribution in [2.24, 2.45) is 5.92 Å². The van der Waals surface area contributed by atoms with E-state index >= 15 is 0 Å². The number of benzene rings is 1. The SMILES string of the molecule is CC1CC(C)N(CCCc2ccccc2)C1. The molecule has 0 aliphatic carbocycles. The van der Waals surface area contributed by atoms with Gasteiger partial charge in [0.2, 0.25) is 0 Å². The molecular weight excluding hydrogens is 194 g/mol. The zero-order chi connectivity index (χ0) is 11.4. The highest BCUT2D eigenvalue weighted by Gasteiger charge is 2.24. The van der Waals surface area contributed by atoms with Crippen molar-refractivity contribution < 1.29 is 0 Å². The minimum Gasteiger partial charge on any atom is -0.300 e. The highest BCUT2D eigenvalue weighted by Crippen LogP contribution is 2.22. The Balaban J connectivity index is 1.72. The van der Waals surface area contributed by atoms with Gasteiger partial charge in [-0.25, -0.2) is 0 Å². The number of likely N-dealkylation sites (tertiary alicyclic amines) is 1. The minimum absolute atomic E-state index is 0.797. The van der Waals surface area contributed by atoms with Gasteiger partial charge in [-0.15, -0.1) is 0 Å². The van der Waals surface area contributed by atoms with Gasteiger partial charge in [-0.2, -0.15) is 0 Å². The topological polar surface area (TPSA) is 3.24 Å². The quantitative estimate of drug-likeness (QED) is 0.747. The normalized spacial score (nSPS) is 26.1. The summed E-state index contributed by atoms with van der Waals surface area (Å²) in [7, 11) is 0. The maximum Gasteiger partial charge on any atom is 0.00700 e. The van der Waals surface area contributed by atoms with Gasteiger partial charge in [0.05, 0.1) is 0 Å². The van der Waals surface area contributed by atoms with Crippen molar-refractivity contribution in [2.75, 3.05) is 13.1 Å². The van der Waals surface area contributed by atoms with Crippen molar-refractivity contribution in [1.29, 1.82) is 0 Å². The largest absolute Gasteiger partial charge is 0.300 e. The van der Waals surface area contributed by atoms with Gasteiger partial charge in [-0.1, -0.05) is 37.3 Å². The number of rotatable bonds is 4. The van der Waals surface area contributed by atoms with Crippen LogP contribution in [-0.2, 0) is 6.42 Å². The summed E-state index contributed by atoms with van der Waals surface area (Å²) in [5, 5.41) is 0. The molecule has 1 heteroatoms. The monoisotopic (exact) mass is 217 g/mol. The molecule has 1 aromatic carbocycles. The van der Waals surface area contributed by atoms with E-state index in [1.807, 2.05) is 0 Å². The second-order valence-electron chi connectivity index (χ2n) is 5.27. The maximum absolute atomic E-state index is 2.65. The molecular formula is C15H23N. The van der Waals surface area contributed by atoms with Gasteiger partial charge in [-0.3, -0.25) is 0 Å². The molecule has 2 rings (SSSR count). The first-order valence-corrected chi connectivity index (χ1v) is 6.53. The summed E-state index contributed by atoms with van der Waals surface area (Å²) in [5.41, 5.74) is 1.47. The van der Waals surface area contributed by atoms with Gasteiger partial charge in [0.15, 0.2) is 0 Å². The Morgan fingerprint density at radius 3 is 2.56 bits per heavy atom. The Hall–Kier alpha value is -0.820. The lowest BCUT2D eigenvalue weighted by Crippen LogP contribution is -2.28. The van der Waals surface area contributed by atoms with Crippen molar-refractivity contribution in [3.8, 4) is 0 Å². The van der Waals surface area contributed by atoms with Gasteiger partial charge in [0, 0.05) is 12.6 Å². The summed E-state index contributed by atoms with van der Waals surface area (Å²) >= 11 is 0. The van der Waals surface area contributed by atoms with E-state index in [0.29, 0.717) is 0 Å². The lowest BCUT2D eigenvalue weighted by Gasteiger charge is -2.20. The lowest BCUT2D eigenvalue weighted by atomic mass is 10.1. The predicted molar refractivity (Wildman–Crippen MR) is 69.6 cm³/mol.